The van der Waals surface area contributed by atoms with Crippen LogP contribution in [0.4, 0.5) is 11.9 Å². The van der Waals surface area contributed by atoms with Crippen LogP contribution in [0.3, 0.4) is 0 Å². The smallest absolute Gasteiger partial charge is 0.230 e. The summed E-state index contributed by atoms with van der Waals surface area (Å²) in [6, 6.07) is 10.1. The molecule has 110 valence electrons. The van der Waals surface area contributed by atoms with E-state index in [1.807, 2.05) is 37.3 Å². The van der Waals surface area contributed by atoms with Crippen LogP contribution in [-0.4, -0.2) is 34.6 Å². The normalized spacial score (nSPS) is 15.0. The molecule has 5 nitrogen and oxygen atoms in total. The molecular weight excluding hydrogens is 262 g/mol. The number of benzene rings is 1. The number of rotatable bonds is 4. The Kier molecular flexibility index (Phi) is 4.28. The third kappa shape index (κ3) is 3.29. The Bertz CT molecular complexity index is 578. The first-order chi connectivity index (χ1) is 10.4. The van der Waals surface area contributed by atoms with E-state index in [1.165, 1.54) is 19.3 Å². The predicted octanol–water partition coefficient (Wildman–Crippen LogP) is 2.96. The summed E-state index contributed by atoms with van der Waals surface area (Å²) in [4.78, 5) is 16.0. The molecule has 1 aliphatic heterocycles. The van der Waals surface area contributed by atoms with E-state index in [9.17, 15) is 0 Å². The van der Waals surface area contributed by atoms with Gasteiger partial charge in [-0.1, -0.05) is 30.3 Å². The molecule has 0 bridgehead atoms. The first kappa shape index (κ1) is 13.8. The lowest BCUT2D eigenvalue weighted by Gasteiger charge is -2.27. The standard InChI is InChI=1S/C16H21N5/c1-2-17-15-18-14(13-9-5-3-6-10-13)19-16(20-15)21-11-7-4-8-12-21/h3,5-6,9-10H,2,4,7-8,11-12H2,1H3,(H,17,18,19,20). The van der Waals surface area contributed by atoms with Gasteiger partial charge in [-0.15, -0.1) is 0 Å². The van der Waals surface area contributed by atoms with Crippen molar-refractivity contribution in [1.82, 2.24) is 15.0 Å². The predicted molar refractivity (Wildman–Crippen MR) is 85.5 cm³/mol. The highest BCUT2D eigenvalue weighted by Crippen LogP contribution is 2.21. The zero-order valence-electron chi connectivity index (χ0n) is 12.4. The Hall–Kier alpha value is -2.17. The van der Waals surface area contributed by atoms with Crippen molar-refractivity contribution in [2.45, 2.75) is 26.2 Å². The van der Waals surface area contributed by atoms with Crippen molar-refractivity contribution < 1.29 is 0 Å². The second-order valence-electron chi connectivity index (χ2n) is 5.23. The zero-order valence-corrected chi connectivity index (χ0v) is 12.4. The van der Waals surface area contributed by atoms with Gasteiger partial charge < -0.3 is 10.2 Å². The summed E-state index contributed by atoms with van der Waals surface area (Å²) in [6.07, 6.45) is 3.72. The van der Waals surface area contributed by atoms with Crippen molar-refractivity contribution in [3.63, 3.8) is 0 Å². The van der Waals surface area contributed by atoms with Crippen LogP contribution < -0.4 is 10.2 Å². The third-order valence-electron chi connectivity index (χ3n) is 3.63. The number of hydrogen-bond acceptors (Lipinski definition) is 5. The molecule has 1 saturated heterocycles. The van der Waals surface area contributed by atoms with E-state index in [0.29, 0.717) is 5.95 Å². The molecule has 1 N–H and O–H groups in total. The fourth-order valence-corrected chi connectivity index (χ4v) is 2.55. The van der Waals surface area contributed by atoms with Crippen LogP contribution in [-0.2, 0) is 0 Å². The Morgan fingerprint density at radius 2 is 1.76 bits per heavy atom. The molecule has 21 heavy (non-hydrogen) atoms. The number of aromatic nitrogens is 3. The van der Waals surface area contributed by atoms with E-state index in [-0.39, 0.29) is 0 Å². The Morgan fingerprint density at radius 1 is 1.00 bits per heavy atom. The van der Waals surface area contributed by atoms with Gasteiger partial charge in [-0.25, -0.2) is 0 Å². The lowest BCUT2D eigenvalue weighted by Crippen LogP contribution is -2.31. The van der Waals surface area contributed by atoms with Crippen molar-refractivity contribution in [3.05, 3.63) is 30.3 Å². The first-order valence-corrected chi connectivity index (χ1v) is 7.67. The summed E-state index contributed by atoms with van der Waals surface area (Å²) in [7, 11) is 0. The van der Waals surface area contributed by atoms with Crippen molar-refractivity contribution in [2.75, 3.05) is 29.9 Å². The minimum Gasteiger partial charge on any atom is -0.354 e. The molecule has 0 unspecified atom stereocenters. The Morgan fingerprint density at radius 3 is 2.48 bits per heavy atom. The number of nitrogens with one attached hydrogen (secondary N) is 1. The molecule has 1 aromatic heterocycles. The van der Waals surface area contributed by atoms with Gasteiger partial charge in [0.15, 0.2) is 5.82 Å². The molecule has 2 aromatic rings. The van der Waals surface area contributed by atoms with Gasteiger partial charge in [0.25, 0.3) is 0 Å². The van der Waals surface area contributed by atoms with Gasteiger partial charge in [0.05, 0.1) is 0 Å². The van der Waals surface area contributed by atoms with Crippen LogP contribution in [0, 0.1) is 0 Å². The fraction of sp³-hybridized carbons (Fsp3) is 0.438. The zero-order chi connectivity index (χ0) is 14.5. The van der Waals surface area contributed by atoms with Gasteiger partial charge in [-0.05, 0) is 26.2 Å². The molecule has 0 amide bonds. The molecule has 2 heterocycles. The molecule has 1 aromatic carbocycles. The summed E-state index contributed by atoms with van der Waals surface area (Å²) >= 11 is 0. The lowest BCUT2D eigenvalue weighted by molar-refractivity contribution is 0.568. The Balaban J connectivity index is 1.97. The van der Waals surface area contributed by atoms with Crippen LogP contribution in [0.5, 0.6) is 0 Å². The maximum absolute atomic E-state index is 4.67. The van der Waals surface area contributed by atoms with Crippen molar-refractivity contribution >= 4 is 11.9 Å². The average Bonchev–Trinajstić information content (AvgIpc) is 2.56. The van der Waals surface area contributed by atoms with E-state index in [1.54, 1.807) is 0 Å². The van der Waals surface area contributed by atoms with Crippen molar-refractivity contribution in [3.8, 4) is 11.4 Å². The van der Waals surface area contributed by atoms with Crippen molar-refractivity contribution in [1.29, 1.82) is 0 Å². The summed E-state index contributed by atoms with van der Waals surface area (Å²) in [5.74, 6) is 2.19. The molecule has 1 aliphatic rings. The quantitative estimate of drug-likeness (QED) is 0.935. The first-order valence-electron chi connectivity index (χ1n) is 7.67. The van der Waals surface area contributed by atoms with Crippen LogP contribution in [0.2, 0.25) is 0 Å². The molecular formula is C16H21N5. The minimum absolute atomic E-state index is 0.659. The van der Waals surface area contributed by atoms with E-state index >= 15 is 0 Å². The van der Waals surface area contributed by atoms with Gasteiger partial charge in [0, 0.05) is 25.2 Å². The maximum atomic E-state index is 4.67. The molecule has 1 fully saturated rings. The fourth-order valence-electron chi connectivity index (χ4n) is 2.55. The summed E-state index contributed by atoms with van der Waals surface area (Å²) in [5, 5.41) is 3.21. The van der Waals surface area contributed by atoms with E-state index in [4.69, 9.17) is 0 Å². The number of nitrogens with zero attached hydrogens (tertiary/aromatic N) is 4. The van der Waals surface area contributed by atoms with E-state index in [0.717, 1.165) is 37.0 Å². The third-order valence-corrected chi connectivity index (χ3v) is 3.63. The molecule has 0 spiro atoms. The topological polar surface area (TPSA) is 53.9 Å². The highest BCUT2D eigenvalue weighted by atomic mass is 15.3. The van der Waals surface area contributed by atoms with Gasteiger partial charge in [-0.2, -0.15) is 15.0 Å². The summed E-state index contributed by atoms with van der Waals surface area (Å²) in [6.45, 7) is 4.91. The largest absolute Gasteiger partial charge is 0.354 e. The van der Waals surface area contributed by atoms with Crippen LogP contribution in [0.25, 0.3) is 11.4 Å². The van der Waals surface area contributed by atoms with Gasteiger partial charge >= 0.3 is 0 Å². The molecule has 0 atom stereocenters. The van der Waals surface area contributed by atoms with Crippen LogP contribution in [0.1, 0.15) is 26.2 Å². The maximum Gasteiger partial charge on any atom is 0.230 e. The van der Waals surface area contributed by atoms with Crippen LogP contribution >= 0.6 is 0 Å². The second-order valence-corrected chi connectivity index (χ2v) is 5.23. The van der Waals surface area contributed by atoms with E-state index < -0.39 is 0 Å². The number of hydrogen-bond donors (Lipinski definition) is 1. The van der Waals surface area contributed by atoms with Gasteiger partial charge in [0.1, 0.15) is 0 Å². The number of anilines is 2. The molecule has 0 aliphatic carbocycles. The number of piperidine rings is 1. The summed E-state index contributed by atoms with van der Waals surface area (Å²) in [5.41, 5.74) is 1.03. The minimum atomic E-state index is 0.659. The van der Waals surface area contributed by atoms with Crippen molar-refractivity contribution in [2.24, 2.45) is 0 Å². The molecule has 3 rings (SSSR count). The van der Waals surface area contributed by atoms with E-state index in [2.05, 4.69) is 25.2 Å². The summed E-state index contributed by atoms with van der Waals surface area (Å²) < 4.78 is 0. The lowest BCUT2D eigenvalue weighted by atomic mass is 10.1. The van der Waals surface area contributed by atoms with Gasteiger partial charge in [-0.3, -0.25) is 0 Å². The van der Waals surface area contributed by atoms with Crippen LogP contribution in [0.15, 0.2) is 30.3 Å². The molecule has 0 radical (unpaired) electrons. The average molecular weight is 283 g/mol. The molecule has 0 saturated carbocycles. The monoisotopic (exact) mass is 283 g/mol. The highest BCUT2D eigenvalue weighted by Gasteiger charge is 2.16. The molecule has 5 heteroatoms. The second kappa shape index (κ2) is 6.52. The SMILES string of the molecule is CCNc1nc(-c2ccccc2)nc(N2CCCCC2)n1. The highest BCUT2D eigenvalue weighted by molar-refractivity contribution is 5.58. The Labute approximate surface area is 125 Å². The van der Waals surface area contributed by atoms with Gasteiger partial charge in [0.2, 0.25) is 11.9 Å².